The number of aryl methyl sites for hydroxylation is 1. The number of amides is 1. The lowest BCUT2D eigenvalue weighted by atomic mass is 9.95. The summed E-state index contributed by atoms with van der Waals surface area (Å²) in [5.41, 5.74) is 2.55. The van der Waals surface area contributed by atoms with Crippen LogP contribution in [0.3, 0.4) is 0 Å². The largest absolute Gasteiger partial charge is 0.347 e. The van der Waals surface area contributed by atoms with E-state index in [4.69, 9.17) is 0 Å². The van der Waals surface area contributed by atoms with Crippen LogP contribution in [-0.2, 0) is 0 Å². The summed E-state index contributed by atoms with van der Waals surface area (Å²) in [4.78, 5) is 17.3. The van der Waals surface area contributed by atoms with Crippen molar-refractivity contribution in [2.45, 2.75) is 45.1 Å². The third-order valence-electron chi connectivity index (χ3n) is 5.20. The SMILES string of the molecule is Cc1ccccc1-n1nc(C(=O)NC2CCCCC2)nc1-c1ccc(F)cc1. The summed E-state index contributed by atoms with van der Waals surface area (Å²) in [7, 11) is 0. The quantitative estimate of drug-likeness (QED) is 0.730. The number of halogens is 1. The maximum atomic E-state index is 13.4. The lowest BCUT2D eigenvalue weighted by molar-refractivity contribution is 0.0917. The van der Waals surface area contributed by atoms with E-state index in [1.807, 2.05) is 31.2 Å². The first-order valence-electron chi connectivity index (χ1n) is 9.72. The van der Waals surface area contributed by atoms with E-state index < -0.39 is 0 Å². The maximum absolute atomic E-state index is 13.4. The summed E-state index contributed by atoms with van der Waals surface area (Å²) in [6.45, 7) is 1.98. The smallest absolute Gasteiger partial charge is 0.291 e. The molecule has 3 aromatic rings. The van der Waals surface area contributed by atoms with Crippen LogP contribution in [0.15, 0.2) is 48.5 Å². The molecule has 6 heteroatoms. The highest BCUT2D eigenvalue weighted by Gasteiger charge is 2.22. The minimum atomic E-state index is -0.319. The molecule has 1 saturated carbocycles. The van der Waals surface area contributed by atoms with Crippen LogP contribution in [0, 0.1) is 12.7 Å². The van der Waals surface area contributed by atoms with E-state index >= 15 is 0 Å². The summed E-state index contributed by atoms with van der Waals surface area (Å²) < 4.78 is 15.0. The Kier molecular flexibility index (Phi) is 5.19. The molecule has 0 atom stereocenters. The lowest BCUT2D eigenvalue weighted by Gasteiger charge is -2.21. The van der Waals surface area contributed by atoms with E-state index in [0.717, 1.165) is 36.9 Å². The molecule has 1 aliphatic rings. The molecular formula is C22H23FN4O. The topological polar surface area (TPSA) is 59.8 Å². The molecular weight excluding hydrogens is 355 g/mol. The third-order valence-corrected chi connectivity index (χ3v) is 5.20. The van der Waals surface area contributed by atoms with Gasteiger partial charge in [-0.05, 0) is 55.7 Å². The summed E-state index contributed by atoms with van der Waals surface area (Å²) in [5, 5.41) is 7.57. The number of hydrogen-bond donors (Lipinski definition) is 1. The van der Waals surface area contributed by atoms with Crippen LogP contribution >= 0.6 is 0 Å². The Bertz CT molecular complexity index is 974. The predicted molar refractivity (Wildman–Crippen MR) is 106 cm³/mol. The number of para-hydroxylation sites is 1. The summed E-state index contributed by atoms with van der Waals surface area (Å²) in [6, 6.07) is 14.0. The number of carbonyl (C=O) groups excluding carboxylic acids is 1. The molecule has 1 amide bonds. The normalized spacial score (nSPS) is 14.8. The van der Waals surface area contributed by atoms with Crippen LogP contribution in [-0.4, -0.2) is 26.7 Å². The molecule has 0 unspecified atom stereocenters. The van der Waals surface area contributed by atoms with Crippen molar-refractivity contribution in [2.75, 3.05) is 0 Å². The number of benzene rings is 2. The number of nitrogens with zero attached hydrogens (tertiary/aromatic N) is 3. The van der Waals surface area contributed by atoms with E-state index in [9.17, 15) is 9.18 Å². The molecule has 5 nitrogen and oxygen atoms in total. The second-order valence-corrected chi connectivity index (χ2v) is 7.27. The van der Waals surface area contributed by atoms with Gasteiger partial charge in [-0.2, -0.15) is 0 Å². The highest BCUT2D eigenvalue weighted by atomic mass is 19.1. The molecule has 2 aromatic carbocycles. The van der Waals surface area contributed by atoms with Gasteiger partial charge in [0.05, 0.1) is 5.69 Å². The highest BCUT2D eigenvalue weighted by Crippen LogP contribution is 2.24. The minimum Gasteiger partial charge on any atom is -0.347 e. The number of nitrogens with one attached hydrogen (secondary N) is 1. The van der Waals surface area contributed by atoms with Crippen LogP contribution in [0.5, 0.6) is 0 Å². The van der Waals surface area contributed by atoms with Gasteiger partial charge in [-0.25, -0.2) is 14.1 Å². The van der Waals surface area contributed by atoms with Gasteiger partial charge >= 0.3 is 0 Å². The average Bonchev–Trinajstić information content (AvgIpc) is 3.15. The summed E-state index contributed by atoms with van der Waals surface area (Å²) in [6.07, 6.45) is 5.49. The molecule has 1 fully saturated rings. The zero-order valence-electron chi connectivity index (χ0n) is 15.9. The number of rotatable bonds is 4. The Labute approximate surface area is 163 Å². The number of aromatic nitrogens is 3. The highest BCUT2D eigenvalue weighted by molar-refractivity contribution is 5.91. The molecule has 4 rings (SSSR count). The van der Waals surface area contributed by atoms with Gasteiger partial charge in [0.2, 0.25) is 5.82 Å². The van der Waals surface area contributed by atoms with Crippen molar-refractivity contribution >= 4 is 5.91 Å². The van der Waals surface area contributed by atoms with Gasteiger partial charge in [-0.1, -0.05) is 37.5 Å². The van der Waals surface area contributed by atoms with Crippen molar-refractivity contribution in [1.29, 1.82) is 0 Å². The molecule has 144 valence electrons. The van der Waals surface area contributed by atoms with Gasteiger partial charge in [0, 0.05) is 11.6 Å². The molecule has 0 saturated heterocycles. The predicted octanol–water partition coefficient (Wildman–Crippen LogP) is 4.44. The van der Waals surface area contributed by atoms with Crippen molar-refractivity contribution in [3.05, 3.63) is 65.7 Å². The van der Waals surface area contributed by atoms with Gasteiger partial charge in [0.25, 0.3) is 5.91 Å². The Morgan fingerprint density at radius 1 is 1.07 bits per heavy atom. The van der Waals surface area contributed by atoms with E-state index in [1.165, 1.54) is 18.6 Å². The van der Waals surface area contributed by atoms with Crippen molar-refractivity contribution < 1.29 is 9.18 Å². The van der Waals surface area contributed by atoms with Crippen LogP contribution < -0.4 is 5.32 Å². The second kappa shape index (κ2) is 7.92. The molecule has 28 heavy (non-hydrogen) atoms. The summed E-state index contributed by atoms with van der Waals surface area (Å²) in [5.74, 6) is 0.0693. The first kappa shape index (κ1) is 18.3. The van der Waals surface area contributed by atoms with Crippen molar-refractivity contribution in [3.63, 3.8) is 0 Å². The molecule has 0 aliphatic heterocycles. The van der Waals surface area contributed by atoms with Crippen molar-refractivity contribution in [2.24, 2.45) is 0 Å². The molecule has 1 aromatic heterocycles. The van der Waals surface area contributed by atoms with Crippen molar-refractivity contribution in [3.8, 4) is 17.1 Å². The molecule has 1 aliphatic carbocycles. The van der Waals surface area contributed by atoms with Gasteiger partial charge in [-0.3, -0.25) is 4.79 Å². The van der Waals surface area contributed by atoms with Gasteiger partial charge < -0.3 is 5.32 Å². The van der Waals surface area contributed by atoms with E-state index in [1.54, 1.807) is 16.8 Å². The van der Waals surface area contributed by atoms with Crippen LogP contribution in [0.4, 0.5) is 4.39 Å². The Morgan fingerprint density at radius 3 is 2.50 bits per heavy atom. The van der Waals surface area contributed by atoms with Gasteiger partial charge in [0.15, 0.2) is 5.82 Å². The van der Waals surface area contributed by atoms with Crippen LogP contribution in [0.2, 0.25) is 0 Å². The average molecular weight is 378 g/mol. The Balaban J connectivity index is 1.72. The molecule has 0 bridgehead atoms. The Morgan fingerprint density at radius 2 is 1.79 bits per heavy atom. The van der Waals surface area contributed by atoms with Crippen molar-refractivity contribution in [1.82, 2.24) is 20.1 Å². The zero-order valence-corrected chi connectivity index (χ0v) is 15.9. The second-order valence-electron chi connectivity index (χ2n) is 7.27. The van der Waals surface area contributed by atoms with Crippen LogP contribution in [0.25, 0.3) is 17.1 Å². The van der Waals surface area contributed by atoms with E-state index in [2.05, 4.69) is 15.4 Å². The molecule has 0 radical (unpaired) electrons. The number of hydrogen-bond acceptors (Lipinski definition) is 3. The fourth-order valence-electron chi connectivity index (χ4n) is 3.66. The summed E-state index contributed by atoms with van der Waals surface area (Å²) >= 11 is 0. The third kappa shape index (κ3) is 3.81. The Hall–Kier alpha value is -3.02. The lowest BCUT2D eigenvalue weighted by Crippen LogP contribution is -2.36. The fraction of sp³-hybridized carbons (Fsp3) is 0.318. The molecule has 0 spiro atoms. The maximum Gasteiger partial charge on any atom is 0.291 e. The van der Waals surface area contributed by atoms with Gasteiger partial charge in [-0.15, -0.1) is 5.10 Å². The first-order chi connectivity index (χ1) is 13.6. The number of carbonyl (C=O) groups is 1. The fourth-order valence-corrected chi connectivity index (χ4v) is 3.66. The van der Waals surface area contributed by atoms with E-state index in [0.29, 0.717) is 11.4 Å². The van der Waals surface area contributed by atoms with Gasteiger partial charge in [0.1, 0.15) is 5.82 Å². The monoisotopic (exact) mass is 378 g/mol. The molecule has 1 N–H and O–H groups in total. The zero-order chi connectivity index (χ0) is 19.5. The minimum absolute atomic E-state index is 0.133. The standard InChI is InChI=1S/C22H23FN4O/c1-15-7-5-6-10-19(15)27-21(16-11-13-17(23)14-12-16)25-20(26-27)22(28)24-18-8-3-2-4-9-18/h5-7,10-14,18H,2-4,8-9H2,1H3,(H,24,28). The van der Waals surface area contributed by atoms with Crippen LogP contribution in [0.1, 0.15) is 48.3 Å². The molecule has 1 heterocycles. The van der Waals surface area contributed by atoms with E-state index in [-0.39, 0.29) is 23.6 Å². The first-order valence-corrected chi connectivity index (χ1v) is 9.72.